The van der Waals surface area contributed by atoms with Gasteiger partial charge in [0, 0.05) is 29.2 Å². The van der Waals surface area contributed by atoms with Crippen LogP contribution in [0.4, 0.5) is 5.69 Å². The fraction of sp³-hybridized carbons (Fsp3) is 0.160. The first-order valence-electron chi connectivity index (χ1n) is 10.5. The van der Waals surface area contributed by atoms with Gasteiger partial charge in [0.05, 0.1) is 24.9 Å². The third kappa shape index (κ3) is 4.63. The van der Waals surface area contributed by atoms with Gasteiger partial charge in [-0.3, -0.25) is 19.6 Å². The van der Waals surface area contributed by atoms with Crippen LogP contribution in [-0.4, -0.2) is 37.1 Å². The second-order valence-corrected chi connectivity index (χ2v) is 7.72. The molecule has 2 aromatic heterocycles. The molecule has 34 heavy (non-hydrogen) atoms. The summed E-state index contributed by atoms with van der Waals surface area (Å²) >= 11 is 0. The Morgan fingerprint density at radius 1 is 1.18 bits per heavy atom. The van der Waals surface area contributed by atoms with E-state index in [0.29, 0.717) is 29.2 Å². The van der Waals surface area contributed by atoms with Crippen LogP contribution in [0, 0.1) is 24.0 Å². The number of imidazole rings is 1. The first-order valence-corrected chi connectivity index (χ1v) is 10.5. The number of aromatic nitrogens is 4. The molecule has 0 aliphatic rings. The number of nitro groups is 1. The van der Waals surface area contributed by atoms with Crippen molar-refractivity contribution >= 4 is 17.5 Å². The average molecular weight is 457 g/mol. The van der Waals surface area contributed by atoms with E-state index in [1.165, 1.54) is 6.08 Å². The number of nitrogens with zero attached hydrogens (tertiary/aromatic N) is 5. The Kier molecular flexibility index (Phi) is 6.35. The summed E-state index contributed by atoms with van der Waals surface area (Å²) in [6.07, 6.45) is 8.48. The number of aryl methyl sites for hydroxylation is 1. The fourth-order valence-corrected chi connectivity index (χ4v) is 3.77. The number of ketones is 1. The maximum absolute atomic E-state index is 12.7. The molecule has 2 heterocycles. The smallest absolute Gasteiger partial charge is 0.312 e. The minimum atomic E-state index is -0.419. The highest BCUT2D eigenvalue weighted by Gasteiger charge is 2.22. The Hall–Kier alpha value is -4.53. The third-order valence-corrected chi connectivity index (χ3v) is 5.53. The van der Waals surface area contributed by atoms with Crippen LogP contribution < -0.4 is 4.74 Å². The summed E-state index contributed by atoms with van der Waals surface area (Å²) in [4.78, 5) is 27.6. The molecule has 4 rings (SSSR count). The van der Waals surface area contributed by atoms with Crippen molar-refractivity contribution in [1.82, 2.24) is 19.3 Å². The minimum Gasteiger partial charge on any atom is -0.496 e. The minimum absolute atomic E-state index is 0.0136. The van der Waals surface area contributed by atoms with E-state index in [0.717, 1.165) is 16.8 Å². The normalized spacial score (nSPS) is 11.1. The van der Waals surface area contributed by atoms with E-state index in [2.05, 4.69) is 10.1 Å². The van der Waals surface area contributed by atoms with E-state index in [1.807, 2.05) is 35.0 Å². The van der Waals surface area contributed by atoms with Crippen LogP contribution >= 0.6 is 0 Å². The topological polar surface area (TPSA) is 105 Å². The largest absolute Gasteiger partial charge is 0.496 e. The molecule has 0 amide bonds. The number of carbonyl (C=O) groups is 1. The number of carbonyl (C=O) groups excluding carboxylic acids is 1. The van der Waals surface area contributed by atoms with Gasteiger partial charge in [-0.25, -0.2) is 4.98 Å². The Bertz CT molecular complexity index is 1370. The van der Waals surface area contributed by atoms with Gasteiger partial charge in [0.15, 0.2) is 5.78 Å². The molecule has 172 valence electrons. The number of ether oxygens (including phenoxy) is 1. The van der Waals surface area contributed by atoms with Crippen LogP contribution in [0.5, 0.6) is 5.75 Å². The van der Waals surface area contributed by atoms with Crippen molar-refractivity contribution in [2.75, 3.05) is 7.11 Å². The molecular formula is C25H23N5O4. The SMILES string of the molecule is COc1ccc(/C=C/C(=O)c2ccc(-n3ccnc3)cc2)cc1Cn1nc(C)c([N+](=O)[O-])c1C. The number of allylic oxidation sites excluding steroid dienone is 1. The van der Waals surface area contributed by atoms with E-state index < -0.39 is 4.92 Å². The summed E-state index contributed by atoms with van der Waals surface area (Å²) in [7, 11) is 1.56. The number of methoxy groups -OCH3 is 1. The molecule has 0 saturated carbocycles. The molecule has 0 radical (unpaired) electrons. The van der Waals surface area contributed by atoms with Crippen LogP contribution in [0.25, 0.3) is 11.8 Å². The maximum Gasteiger partial charge on any atom is 0.312 e. The van der Waals surface area contributed by atoms with Crippen molar-refractivity contribution in [3.05, 3.63) is 105 Å². The molecule has 0 unspecified atom stereocenters. The highest BCUT2D eigenvalue weighted by molar-refractivity contribution is 6.06. The standard InChI is InChI=1S/C25H23N5O4/c1-17-25(30(32)33)18(2)29(27-17)15-21-14-19(5-11-24(21)34-3)4-10-23(31)20-6-8-22(9-7-20)28-13-12-26-16-28/h4-14,16H,15H2,1-3H3/b10-4+. The van der Waals surface area contributed by atoms with Gasteiger partial charge in [0.1, 0.15) is 17.1 Å². The highest BCUT2D eigenvalue weighted by Crippen LogP contribution is 2.26. The molecule has 4 aromatic rings. The zero-order chi connectivity index (χ0) is 24.2. The van der Waals surface area contributed by atoms with Gasteiger partial charge in [-0.05, 0) is 61.9 Å². The summed E-state index contributed by atoms with van der Waals surface area (Å²) in [5, 5.41) is 15.6. The first kappa shape index (κ1) is 22.7. The van der Waals surface area contributed by atoms with E-state index in [4.69, 9.17) is 4.74 Å². The molecular weight excluding hydrogens is 434 g/mol. The summed E-state index contributed by atoms with van der Waals surface area (Å²) in [6.45, 7) is 3.59. The molecule has 9 heteroatoms. The Labute approximate surface area is 196 Å². The van der Waals surface area contributed by atoms with Crippen molar-refractivity contribution in [3.63, 3.8) is 0 Å². The summed E-state index contributed by atoms with van der Waals surface area (Å²) in [5.74, 6) is 0.512. The van der Waals surface area contributed by atoms with Crippen LogP contribution in [0.1, 0.15) is 32.9 Å². The summed E-state index contributed by atoms with van der Waals surface area (Å²) in [5.41, 5.74) is 3.94. The van der Waals surface area contributed by atoms with E-state index in [9.17, 15) is 14.9 Å². The first-order chi connectivity index (χ1) is 16.4. The summed E-state index contributed by atoms with van der Waals surface area (Å²) in [6, 6.07) is 12.8. The van der Waals surface area contributed by atoms with Crippen molar-refractivity contribution in [1.29, 1.82) is 0 Å². The molecule has 0 N–H and O–H groups in total. The van der Waals surface area contributed by atoms with Gasteiger partial charge in [-0.1, -0.05) is 12.1 Å². The van der Waals surface area contributed by atoms with Gasteiger partial charge in [0.25, 0.3) is 0 Å². The molecule has 0 aliphatic carbocycles. The molecule has 0 spiro atoms. The van der Waals surface area contributed by atoms with Crippen LogP contribution in [0.3, 0.4) is 0 Å². The second-order valence-electron chi connectivity index (χ2n) is 7.72. The van der Waals surface area contributed by atoms with Crippen molar-refractivity contribution in [2.45, 2.75) is 20.4 Å². The molecule has 0 fully saturated rings. The van der Waals surface area contributed by atoms with Gasteiger partial charge < -0.3 is 9.30 Å². The van der Waals surface area contributed by atoms with Gasteiger partial charge in [-0.15, -0.1) is 0 Å². The predicted molar refractivity (Wildman–Crippen MR) is 127 cm³/mol. The molecule has 2 aromatic carbocycles. The van der Waals surface area contributed by atoms with E-state index >= 15 is 0 Å². The van der Waals surface area contributed by atoms with E-state index in [-0.39, 0.29) is 11.5 Å². The van der Waals surface area contributed by atoms with Crippen molar-refractivity contribution in [2.24, 2.45) is 0 Å². The van der Waals surface area contributed by atoms with Crippen LogP contribution in [0.15, 0.2) is 67.3 Å². The molecule has 9 nitrogen and oxygen atoms in total. The van der Waals surface area contributed by atoms with Gasteiger partial charge in [0.2, 0.25) is 0 Å². The highest BCUT2D eigenvalue weighted by atomic mass is 16.6. The van der Waals surface area contributed by atoms with Crippen LogP contribution in [-0.2, 0) is 6.54 Å². The average Bonchev–Trinajstić information content (AvgIpc) is 3.46. The molecule has 0 atom stereocenters. The van der Waals surface area contributed by atoms with Crippen LogP contribution in [0.2, 0.25) is 0 Å². The monoisotopic (exact) mass is 457 g/mol. The number of hydrogen-bond acceptors (Lipinski definition) is 6. The molecule has 0 aliphatic heterocycles. The zero-order valence-corrected chi connectivity index (χ0v) is 19.0. The second kappa shape index (κ2) is 9.53. The molecule has 0 bridgehead atoms. The predicted octanol–water partition coefficient (Wildman–Crippen LogP) is 4.55. The van der Waals surface area contributed by atoms with Gasteiger partial charge >= 0.3 is 5.69 Å². The van der Waals surface area contributed by atoms with Crippen molar-refractivity contribution < 1.29 is 14.5 Å². The lowest BCUT2D eigenvalue weighted by atomic mass is 10.1. The number of benzene rings is 2. The number of hydrogen-bond donors (Lipinski definition) is 0. The summed E-state index contributed by atoms with van der Waals surface area (Å²) < 4.78 is 8.91. The van der Waals surface area contributed by atoms with E-state index in [1.54, 1.807) is 62.4 Å². The lowest BCUT2D eigenvalue weighted by Gasteiger charge is -2.11. The Morgan fingerprint density at radius 2 is 1.94 bits per heavy atom. The third-order valence-electron chi connectivity index (χ3n) is 5.53. The lowest BCUT2D eigenvalue weighted by Crippen LogP contribution is -2.06. The maximum atomic E-state index is 12.7. The van der Waals surface area contributed by atoms with Crippen molar-refractivity contribution in [3.8, 4) is 11.4 Å². The zero-order valence-electron chi connectivity index (χ0n) is 19.0. The Balaban J connectivity index is 1.54. The molecule has 0 saturated heterocycles. The lowest BCUT2D eigenvalue weighted by molar-refractivity contribution is -0.386. The Morgan fingerprint density at radius 3 is 2.56 bits per heavy atom. The fourth-order valence-electron chi connectivity index (χ4n) is 3.77. The number of rotatable bonds is 8. The van der Waals surface area contributed by atoms with Gasteiger partial charge in [-0.2, -0.15) is 5.10 Å². The quantitative estimate of drug-likeness (QED) is 0.166.